The SMILES string of the molecule is COc1c(N)cccc1Cl. The molecule has 1 aromatic carbocycles. The number of benzene rings is 1. The maximum Gasteiger partial charge on any atom is 0.160 e. The highest BCUT2D eigenvalue weighted by Crippen LogP contribution is 2.29. The Bertz CT molecular complexity index is 217. The summed E-state index contributed by atoms with van der Waals surface area (Å²) < 4.78 is 4.92. The molecular weight excluding hydrogens is 150 g/mol. The van der Waals surface area contributed by atoms with E-state index in [-0.39, 0.29) is 0 Å². The fourth-order valence-corrected chi connectivity index (χ4v) is 1.000. The lowest BCUT2D eigenvalue weighted by Gasteiger charge is -2.04. The topological polar surface area (TPSA) is 35.2 Å². The molecule has 0 amide bonds. The third-order valence-corrected chi connectivity index (χ3v) is 1.50. The number of halogens is 1. The van der Waals surface area contributed by atoms with Gasteiger partial charge in [-0.15, -0.1) is 0 Å². The number of nitrogens with two attached hydrogens (primary N) is 1. The van der Waals surface area contributed by atoms with Gasteiger partial charge in [0.15, 0.2) is 5.75 Å². The Morgan fingerprint density at radius 2 is 2.20 bits per heavy atom. The summed E-state index contributed by atoms with van der Waals surface area (Å²) in [6.07, 6.45) is 0. The normalized spacial score (nSPS) is 9.40. The van der Waals surface area contributed by atoms with Gasteiger partial charge in [0.25, 0.3) is 0 Å². The third kappa shape index (κ3) is 1.16. The van der Waals surface area contributed by atoms with Gasteiger partial charge >= 0.3 is 0 Å². The number of hydrogen-bond donors (Lipinski definition) is 1. The van der Waals surface area contributed by atoms with Crippen LogP contribution in [0.3, 0.4) is 0 Å². The second-order valence-electron chi connectivity index (χ2n) is 1.86. The molecule has 0 atom stereocenters. The quantitative estimate of drug-likeness (QED) is 0.633. The van der Waals surface area contributed by atoms with Crippen LogP contribution in [0.2, 0.25) is 5.02 Å². The molecule has 2 N–H and O–H groups in total. The molecule has 0 aromatic heterocycles. The molecule has 0 saturated heterocycles. The molecule has 0 aliphatic heterocycles. The minimum atomic E-state index is 0.544. The van der Waals surface area contributed by atoms with Crippen molar-refractivity contribution in [1.82, 2.24) is 0 Å². The van der Waals surface area contributed by atoms with Crippen molar-refractivity contribution in [2.24, 2.45) is 0 Å². The van der Waals surface area contributed by atoms with Gasteiger partial charge in [-0.05, 0) is 12.1 Å². The molecule has 0 aliphatic carbocycles. The Morgan fingerprint density at radius 1 is 1.50 bits per heavy atom. The van der Waals surface area contributed by atoms with Crippen LogP contribution < -0.4 is 10.5 Å². The molecule has 0 radical (unpaired) electrons. The van der Waals surface area contributed by atoms with Crippen molar-refractivity contribution >= 4 is 17.3 Å². The van der Waals surface area contributed by atoms with E-state index in [1.807, 2.05) is 0 Å². The van der Waals surface area contributed by atoms with E-state index in [0.29, 0.717) is 16.5 Å². The van der Waals surface area contributed by atoms with Crippen molar-refractivity contribution in [2.75, 3.05) is 12.8 Å². The zero-order chi connectivity index (χ0) is 7.56. The van der Waals surface area contributed by atoms with Crippen molar-refractivity contribution in [2.45, 2.75) is 0 Å². The third-order valence-electron chi connectivity index (χ3n) is 1.20. The van der Waals surface area contributed by atoms with E-state index in [0.717, 1.165) is 0 Å². The Balaban J connectivity index is 3.17. The fourth-order valence-electron chi connectivity index (χ4n) is 0.741. The van der Waals surface area contributed by atoms with Crippen LogP contribution in [0.15, 0.2) is 18.2 Å². The molecule has 10 heavy (non-hydrogen) atoms. The van der Waals surface area contributed by atoms with Gasteiger partial charge in [-0.3, -0.25) is 0 Å². The second kappa shape index (κ2) is 2.80. The molecule has 0 saturated carbocycles. The first-order valence-electron chi connectivity index (χ1n) is 2.83. The predicted molar refractivity (Wildman–Crippen MR) is 42.4 cm³/mol. The first-order valence-corrected chi connectivity index (χ1v) is 3.21. The number of rotatable bonds is 1. The van der Waals surface area contributed by atoms with Crippen molar-refractivity contribution < 1.29 is 4.74 Å². The monoisotopic (exact) mass is 157 g/mol. The van der Waals surface area contributed by atoms with Gasteiger partial charge in [0.1, 0.15) is 0 Å². The molecule has 0 aliphatic rings. The summed E-state index contributed by atoms with van der Waals surface area (Å²) in [5.74, 6) is 0.546. The van der Waals surface area contributed by atoms with Crippen molar-refractivity contribution in [3.8, 4) is 5.75 Å². The number of methoxy groups -OCH3 is 1. The van der Waals surface area contributed by atoms with E-state index < -0.39 is 0 Å². The molecule has 0 spiro atoms. The van der Waals surface area contributed by atoms with Crippen LogP contribution in [0.1, 0.15) is 0 Å². The van der Waals surface area contributed by atoms with Gasteiger partial charge in [-0.1, -0.05) is 17.7 Å². The maximum atomic E-state index is 5.72. The van der Waals surface area contributed by atoms with Gasteiger partial charge in [0.05, 0.1) is 17.8 Å². The smallest absolute Gasteiger partial charge is 0.160 e. The standard InChI is InChI=1S/C7H8ClNO/c1-10-7-5(8)3-2-4-6(7)9/h2-4H,9H2,1H3. The summed E-state index contributed by atoms with van der Waals surface area (Å²) in [4.78, 5) is 0. The van der Waals surface area contributed by atoms with Crippen LogP contribution in [0.5, 0.6) is 5.75 Å². The Morgan fingerprint density at radius 3 is 2.60 bits per heavy atom. The molecule has 1 rings (SSSR count). The van der Waals surface area contributed by atoms with Crippen LogP contribution in [0, 0.1) is 0 Å². The summed E-state index contributed by atoms with van der Waals surface area (Å²) in [5, 5.41) is 0.544. The number of hydrogen-bond acceptors (Lipinski definition) is 2. The van der Waals surface area contributed by atoms with Crippen molar-refractivity contribution in [3.05, 3.63) is 23.2 Å². The highest BCUT2D eigenvalue weighted by Gasteiger charge is 2.01. The first kappa shape index (κ1) is 7.22. The number of para-hydroxylation sites is 1. The fraction of sp³-hybridized carbons (Fsp3) is 0.143. The van der Waals surface area contributed by atoms with E-state index in [4.69, 9.17) is 22.1 Å². The van der Waals surface area contributed by atoms with Crippen LogP contribution in [0.25, 0.3) is 0 Å². The number of anilines is 1. The van der Waals surface area contributed by atoms with E-state index in [9.17, 15) is 0 Å². The molecular formula is C7H8ClNO. The largest absolute Gasteiger partial charge is 0.493 e. The van der Waals surface area contributed by atoms with Crippen LogP contribution >= 0.6 is 11.6 Å². The van der Waals surface area contributed by atoms with Gasteiger partial charge in [-0.25, -0.2) is 0 Å². The van der Waals surface area contributed by atoms with E-state index in [1.165, 1.54) is 7.11 Å². The first-order chi connectivity index (χ1) is 4.75. The molecule has 3 heteroatoms. The molecule has 0 bridgehead atoms. The molecule has 0 unspecified atom stereocenters. The van der Waals surface area contributed by atoms with Crippen LogP contribution in [-0.2, 0) is 0 Å². The van der Waals surface area contributed by atoms with Gasteiger partial charge in [0.2, 0.25) is 0 Å². The summed E-state index contributed by atoms with van der Waals surface area (Å²) in [6, 6.07) is 5.25. The zero-order valence-corrected chi connectivity index (χ0v) is 6.35. The highest BCUT2D eigenvalue weighted by atomic mass is 35.5. The predicted octanol–water partition coefficient (Wildman–Crippen LogP) is 1.93. The Kier molecular flexibility index (Phi) is 2.02. The van der Waals surface area contributed by atoms with Gasteiger partial charge < -0.3 is 10.5 Å². The van der Waals surface area contributed by atoms with Crippen molar-refractivity contribution in [3.63, 3.8) is 0 Å². The number of nitrogen functional groups attached to an aromatic ring is 1. The highest BCUT2D eigenvalue weighted by molar-refractivity contribution is 6.32. The zero-order valence-electron chi connectivity index (χ0n) is 5.60. The minimum absolute atomic E-state index is 0.544. The lowest BCUT2D eigenvalue weighted by molar-refractivity contribution is 0.417. The van der Waals surface area contributed by atoms with Crippen LogP contribution in [-0.4, -0.2) is 7.11 Å². The molecule has 1 aromatic rings. The Labute approximate surface area is 64.6 Å². The average molecular weight is 158 g/mol. The van der Waals surface area contributed by atoms with E-state index in [2.05, 4.69) is 0 Å². The second-order valence-corrected chi connectivity index (χ2v) is 2.27. The van der Waals surface area contributed by atoms with E-state index in [1.54, 1.807) is 18.2 Å². The van der Waals surface area contributed by atoms with E-state index >= 15 is 0 Å². The van der Waals surface area contributed by atoms with Gasteiger partial charge in [-0.2, -0.15) is 0 Å². The molecule has 0 heterocycles. The number of ether oxygens (including phenoxy) is 1. The average Bonchev–Trinajstić information content (AvgIpc) is 1.88. The van der Waals surface area contributed by atoms with Gasteiger partial charge in [0, 0.05) is 0 Å². The molecule has 2 nitrogen and oxygen atoms in total. The molecule has 0 fully saturated rings. The summed E-state index contributed by atoms with van der Waals surface area (Å²) in [7, 11) is 1.54. The Hall–Kier alpha value is -0.890. The lowest BCUT2D eigenvalue weighted by atomic mass is 10.3. The lowest BCUT2D eigenvalue weighted by Crippen LogP contribution is -1.91. The van der Waals surface area contributed by atoms with Crippen molar-refractivity contribution in [1.29, 1.82) is 0 Å². The minimum Gasteiger partial charge on any atom is -0.493 e. The summed E-state index contributed by atoms with van der Waals surface area (Å²) >= 11 is 5.72. The maximum absolute atomic E-state index is 5.72. The summed E-state index contributed by atoms with van der Waals surface area (Å²) in [5.41, 5.74) is 6.09. The molecule has 54 valence electrons. The summed E-state index contributed by atoms with van der Waals surface area (Å²) in [6.45, 7) is 0. The van der Waals surface area contributed by atoms with Crippen LogP contribution in [0.4, 0.5) is 5.69 Å².